The summed E-state index contributed by atoms with van der Waals surface area (Å²) in [6.45, 7) is 10.3. The van der Waals surface area contributed by atoms with Gasteiger partial charge in [0.1, 0.15) is 5.82 Å². The van der Waals surface area contributed by atoms with Crippen molar-refractivity contribution in [1.29, 1.82) is 0 Å². The molecule has 0 aliphatic carbocycles. The van der Waals surface area contributed by atoms with Crippen molar-refractivity contribution in [2.45, 2.75) is 40.0 Å². The summed E-state index contributed by atoms with van der Waals surface area (Å²) in [4.78, 5) is 16.3. The summed E-state index contributed by atoms with van der Waals surface area (Å²) >= 11 is 0. The number of rotatable bonds is 8. The van der Waals surface area contributed by atoms with Crippen LogP contribution < -0.4 is 11.1 Å². The number of aromatic nitrogens is 1. The summed E-state index contributed by atoms with van der Waals surface area (Å²) in [6, 6.07) is 3.40. The van der Waals surface area contributed by atoms with Crippen LogP contribution in [0.2, 0.25) is 0 Å². The third kappa shape index (κ3) is 6.58. The van der Waals surface area contributed by atoms with Gasteiger partial charge in [-0.2, -0.15) is 0 Å². The van der Waals surface area contributed by atoms with Crippen LogP contribution >= 0.6 is 0 Å². The van der Waals surface area contributed by atoms with E-state index >= 15 is 0 Å². The maximum Gasteiger partial charge on any atom is 0.251 e. The normalized spacial score (nSPS) is 11.1. The number of amides is 1. The predicted molar refractivity (Wildman–Crippen MR) is 85.3 cm³/mol. The first-order valence-electron chi connectivity index (χ1n) is 7.53. The van der Waals surface area contributed by atoms with Crippen LogP contribution in [-0.4, -0.2) is 30.6 Å². The number of nitrogen functional groups attached to an aromatic ring is 1. The minimum absolute atomic E-state index is 0.116. The molecule has 0 atom stereocenters. The van der Waals surface area contributed by atoms with E-state index in [4.69, 9.17) is 10.5 Å². The third-order valence-corrected chi connectivity index (χ3v) is 2.92. The lowest BCUT2D eigenvalue weighted by atomic mass is 10.1. The number of anilines is 1. The van der Waals surface area contributed by atoms with Gasteiger partial charge in [0.2, 0.25) is 0 Å². The molecule has 1 aromatic rings. The van der Waals surface area contributed by atoms with Gasteiger partial charge >= 0.3 is 0 Å². The number of carbonyl (C=O) groups excluding carboxylic acids is 1. The number of carbonyl (C=O) groups is 1. The fraction of sp³-hybridized carbons (Fsp3) is 0.625. The first-order valence-corrected chi connectivity index (χ1v) is 7.53. The number of ether oxygens (including phenoxy) is 1. The Morgan fingerprint density at radius 3 is 2.67 bits per heavy atom. The summed E-state index contributed by atoms with van der Waals surface area (Å²) in [5, 5.41) is 2.88. The Morgan fingerprint density at radius 1 is 1.33 bits per heavy atom. The number of nitrogens with zero attached hydrogens (tertiary/aromatic N) is 1. The Kier molecular flexibility index (Phi) is 7.15. The smallest absolute Gasteiger partial charge is 0.251 e. The van der Waals surface area contributed by atoms with Crippen LogP contribution in [0.3, 0.4) is 0 Å². The van der Waals surface area contributed by atoms with Crippen LogP contribution in [-0.2, 0) is 4.74 Å². The van der Waals surface area contributed by atoms with Gasteiger partial charge in [0, 0.05) is 31.0 Å². The van der Waals surface area contributed by atoms with E-state index < -0.39 is 0 Å². The Bertz CT molecular complexity index is 459. The lowest BCUT2D eigenvalue weighted by Crippen LogP contribution is -2.26. The van der Waals surface area contributed by atoms with E-state index in [1.807, 2.05) is 13.8 Å². The Morgan fingerprint density at radius 2 is 2.05 bits per heavy atom. The third-order valence-electron chi connectivity index (χ3n) is 2.92. The molecule has 0 spiro atoms. The maximum absolute atomic E-state index is 12.1. The van der Waals surface area contributed by atoms with Crippen molar-refractivity contribution in [3.8, 4) is 0 Å². The molecule has 1 aromatic heterocycles. The molecule has 0 aliphatic rings. The zero-order valence-corrected chi connectivity index (χ0v) is 13.5. The monoisotopic (exact) mass is 293 g/mol. The van der Waals surface area contributed by atoms with E-state index in [2.05, 4.69) is 24.1 Å². The first kappa shape index (κ1) is 17.4. The fourth-order valence-corrected chi connectivity index (χ4v) is 1.80. The van der Waals surface area contributed by atoms with E-state index in [-0.39, 0.29) is 11.8 Å². The zero-order valence-electron chi connectivity index (χ0n) is 13.5. The summed E-state index contributed by atoms with van der Waals surface area (Å²) in [5.74, 6) is 1.04. The fourth-order valence-electron chi connectivity index (χ4n) is 1.80. The van der Waals surface area contributed by atoms with Gasteiger partial charge in [-0.3, -0.25) is 4.79 Å². The molecule has 0 bridgehead atoms. The molecule has 21 heavy (non-hydrogen) atoms. The van der Waals surface area contributed by atoms with Crippen LogP contribution in [0, 0.1) is 5.92 Å². The van der Waals surface area contributed by atoms with Crippen molar-refractivity contribution in [2.75, 3.05) is 25.5 Å². The second-order valence-corrected chi connectivity index (χ2v) is 5.94. The van der Waals surface area contributed by atoms with E-state index in [0.717, 1.165) is 18.7 Å². The summed E-state index contributed by atoms with van der Waals surface area (Å²) < 4.78 is 5.47. The lowest BCUT2D eigenvalue weighted by molar-refractivity contribution is 0.0925. The van der Waals surface area contributed by atoms with Gasteiger partial charge in [-0.05, 0) is 30.4 Å². The van der Waals surface area contributed by atoms with Crippen LogP contribution in [0.25, 0.3) is 0 Å². The second kappa shape index (κ2) is 8.62. The number of nitrogens with one attached hydrogen (secondary N) is 1. The molecular weight excluding hydrogens is 266 g/mol. The molecule has 0 unspecified atom stereocenters. The molecular formula is C16H27N3O2. The molecule has 5 nitrogen and oxygen atoms in total. The minimum atomic E-state index is -0.116. The minimum Gasteiger partial charge on any atom is -0.384 e. The molecule has 3 N–H and O–H groups in total. The highest BCUT2D eigenvalue weighted by Crippen LogP contribution is 2.15. The molecule has 0 fully saturated rings. The molecule has 0 saturated carbocycles. The molecule has 5 heteroatoms. The molecule has 0 aromatic carbocycles. The van der Waals surface area contributed by atoms with Crippen LogP contribution in [0.5, 0.6) is 0 Å². The van der Waals surface area contributed by atoms with Gasteiger partial charge in [0.25, 0.3) is 5.91 Å². The van der Waals surface area contributed by atoms with Crippen molar-refractivity contribution < 1.29 is 9.53 Å². The summed E-state index contributed by atoms with van der Waals surface area (Å²) in [5.41, 5.74) is 7.14. The van der Waals surface area contributed by atoms with Gasteiger partial charge in [0.15, 0.2) is 0 Å². The average molecular weight is 293 g/mol. The lowest BCUT2D eigenvalue weighted by Gasteiger charge is -2.10. The number of pyridine rings is 1. The van der Waals surface area contributed by atoms with Gasteiger partial charge in [0.05, 0.1) is 0 Å². The molecule has 0 saturated heterocycles. The zero-order chi connectivity index (χ0) is 15.8. The van der Waals surface area contributed by atoms with E-state index in [1.165, 1.54) is 0 Å². The van der Waals surface area contributed by atoms with Crippen molar-refractivity contribution in [3.05, 3.63) is 23.4 Å². The molecule has 118 valence electrons. The van der Waals surface area contributed by atoms with E-state index in [9.17, 15) is 4.79 Å². The number of hydrogen-bond donors (Lipinski definition) is 2. The quantitative estimate of drug-likeness (QED) is 0.722. The highest BCUT2D eigenvalue weighted by Gasteiger charge is 2.10. The maximum atomic E-state index is 12.1. The Balaban J connectivity index is 2.42. The molecule has 0 aliphatic heterocycles. The molecule has 1 heterocycles. The van der Waals surface area contributed by atoms with Gasteiger partial charge in [-0.25, -0.2) is 4.98 Å². The largest absolute Gasteiger partial charge is 0.384 e. The van der Waals surface area contributed by atoms with Crippen molar-refractivity contribution in [1.82, 2.24) is 10.3 Å². The van der Waals surface area contributed by atoms with Crippen LogP contribution in [0.1, 0.15) is 56.1 Å². The first-order chi connectivity index (χ1) is 9.90. The topological polar surface area (TPSA) is 77.2 Å². The van der Waals surface area contributed by atoms with Crippen LogP contribution in [0.15, 0.2) is 12.1 Å². The highest BCUT2D eigenvalue weighted by molar-refractivity contribution is 5.94. The molecule has 1 rings (SSSR count). The van der Waals surface area contributed by atoms with E-state index in [0.29, 0.717) is 30.5 Å². The van der Waals surface area contributed by atoms with Crippen molar-refractivity contribution >= 4 is 11.7 Å². The van der Waals surface area contributed by atoms with Crippen molar-refractivity contribution in [2.24, 2.45) is 5.92 Å². The second-order valence-electron chi connectivity index (χ2n) is 5.94. The van der Waals surface area contributed by atoms with Gasteiger partial charge < -0.3 is 15.8 Å². The van der Waals surface area contributed by atoms with Gasteiger partial charge in [-0.1, -0.05) is 27.7 Å². The SMILES string of the molecule is CC(C)COCCCNC(=O)c1cc(N)nc(C(C)C)c1. The average Bonchev–Trinajstić information content (AvgIpc) is 2.41. The Hall–Kier alpha value is -1.62. The predicted octanol–water partition coefficient (Wildman–Crippen LogP) is 2.58. The van der Waals surface area contributed by atoms with Gasteiger partial charge in [-0.15, -0.1) is 0 Å². The number of nitrogens with two attached hydrogens (primary N) is 1. The van der Waals surface area contributed by atoms with E-state index in [1.54, 1.807) is 12.1 Å². The van der Waals surface area contributed by atoms with Crippen LogP contribution in [0.4, 0.5) is 5.82 Å². The van der Waals surface area contributed by atoms with Crippen molar-refractivity contribution in [3.63, 3.8) is 0 Å². The summed E-state index contributed by atoms with van der Waals surface area (Å²) in [7, 11) is 0. The molecule has 1 amide bonds. The Labute approximate surface area is 127 Å². The number of hydrogen-bond acceptors (Lipinski definition) is 4. The molecule has 0 radical (unpaired) electrons. The summed E-state index contributed by atoms with van der Waals surface area (Å²) in [6.07, 6.45) is 0.802. The standard InChI is InChI=1S/C16H27N3O2/c1-11(2)10-21-7-5-6-18-16(20)13-8-14(12(3)4)19-15(17)9-13/h8-9,11-12H,5-7,10H2,1-4H3,(H2,17,19)(H,18,20). The highest BCUT2D eigenvalue weighted by atomic mass is 16.5.